The molecule has 0 aliphatic rings. The third-order valence-corrected chi connectivity index (χ3v) is 3.09. The van der Waals surface area contributed by atoms with Crippen molar-refractivity contribution in [3.63, 3.8) is 0 Å². The molecule has 5 heteroatoms. The van der Waals surface area contributed by atoms with Crippen molar-refractivity contribution >= 4 is 16.9 Å². The number of nitrogens with two attached hydrogens (primary N) is 1. The van der Waals surface area contributed by atoms with Gasteiger partial charge < -0.3 is 4.57 Å². The van der Waals surface area contributed by atoms with E-state index in [9.17, 15) is 4.79 Å². The number of benzene rings is 1. The number of hydrazine groups is 1. The summed E-state index contributed by atoms with van der Waals surface area (Å²) in [7, 11) is 0. The maximum Gasteiger partial charge on any atom is 0.256 e. The van der Waals surface area contributed by atoms with Crippen LogP contribution in [0.2, 0.25) is 0 Å². The molecule has 1 atom stereocenters. The van der Waals surface area contributed by atoms with E-state index in [-0.39, 0.29) is 11.9 Å². The van der Waals surface area contributed by atoms with Crippen molar-refractivity contribution in [3.8, 4) is 0 Å². The molecular weight excluding hydrogens is 228 g/mol. The zero-order valence-corrected chi connectivity index (χ0v) is 10.7. The summed E-state index contributed by atoms with van der Waals surface area (Å²) in [6.45, 7) is 3.96. The van der Waals surface area contributed by atoms with Gasteiger partial charge in [0.05, 0.1) is 11.0 Å². The summed E-state index contributed by atoms with van der Waals surface area (Å²) in [6.07, 6.45) is 1.65. The lowest BCUT2D eigenvalue weighted by Crippen LogP contribution is -2.37. The molecule has 1 aromatic heterocycles. The van der Waals surface area contributed by atoms with Crippen LogP contribution in [0.1, 0.15) is 31.6 Å². The number of fused-ring (bicyclic) bond motifs is 1. The Kier molecular flexibility index (Phi) is 3.62. The summed E-state index contributed by atoms with van der Waals surface area (Å²) >= 11 is 0. The van der Waals surface area contributed by atoms with Gasteiger partial charge in [0.15, 0.2) is 0 Å². The molecule has 96 valence electrons. The number of nitrogens with zero attached hydrogens (tertiary/aromatic N) is 2. The number of carbonyl (C=O) groups is 1. The zero-order chi connectivity index (χ0) is 13.1. The van der Waals surface area contributed by atoms with Gasteiger partial charge in [0, 0.05) is 0 Å². The number of aromatic nitrogens is 2. The molecule has 0 radical (unpaired) electrons. The Hall–Kier alpha value is -1.88. The Morgan fingerprint density at radius 2 is 2.22 bits per heavy atom. The fraction of sp³-hybridized carbons (Fsp3) is 0.385. The first kappa shape index (κ1) is 12.6. The van der Waals surface area contributed by atoms with Crippen molar-refractivity contribution in [1.29, 1.82) is 0 Å². The Bertz CT molecular complexity index is 561. The number of rotatable bonds is 4. The molecular formula is C13H18N4O. The minimum absolute atomic E-state index is 0.178. The summed E-state index contributed by atoms with van der Waals surface area (Å²) in [5, 5.41) is 0. The number of para-hydroxylation sites is 2. The Morgan fingerprint density at radius 3 is 2.89 bits per heavy atom. The van der Waals surface area contributed by atoms with Crippen LogP contribution in [0.25, 0.3) is 11.0 Å². The van der Waals surface area contributed by atoms with Gasteiger partial charge in [-0.05, 0) is 25.5 Å². The molecule has 1 aromatic carbocycles. The SMILES string of the molecule is CCCC(C(=O)NN)n1c(C)nc2ccccc21. The Labute approximate surface area is 106 Å². The minimum atomic E-state index is -0.299. The molecule has 1 unspecified atom stereocenters. The molecule has 1 amide bonds. The molecule has 3 N–H and O–H groups in total. The highest BCUT2D eigenvalue weighted by atomic mass is 16.2. The van der Waals surface area contributed by atoms with Crippen LogP contribution in [-0.4, -0.2) is 15.5 Å². The number of hydrogen-bond donors (Lipinski definition) is 2. The predicted molar refractivity (Wildman–Crippen MR) is 70.7 cm³/mol. The second-order valence-electron chi connectivity index (χ2n) is 4.33. The molecule has 0 aliphatic heterocycles. The quantitative estimate of drug-likeness (QED) is 0.489. The van der Waals surface area contributed by atoms with Gasteiger partial charge in [0.1, 0.15) is 11.9 Å². The number of hydrogen-bond acceptors (Lipinski definition) is 3. The standard InChI is InChI=1S/C13H18N4O/c1-3-6-12(13(18)16-14)17-9(2)15-10-7-4-5-8-11(10)17/h4-5,7-8,12H,3,6,14H2,1-2H3,(H,16,18). The number of aryl methyl sites for hydroxylation is 1. The van der Waals surface area contributed by atoms with E-state index in [2.05, 4.69) is 10.4 Å². The van der Waals surface area contributed by atoms with Gasteiger partial charge in [-0.2, -0.15) is 0 Å². The highest BCUT2D eigenvalue weighted by Crippen LogP contribution is 2.23. The average Bonchev–Trinajstić information content (AvgIpc) is 2.71. The normalized spacial score (nSPS) is 12.6. The maximum absolute atomic E-state index is 11.9. The molecule has 0 spiro atoms. The molecule has 18 heavy (non-hydrogen) atoms. The van der Waals surface area contributed by atoms with E-state index in [1.807, 2.05) is 42.7 Å². The molecule has 0 saturated carbocycles. The third kappa shape index (κ3) is 2.09. The van der Waals surface area contributed by atoms with Crippen molar-refractivity contribution in [3.05, 3.63) is 30.1 Å². The van der Waals surface area contributed by atoms with E-state index in [1.54, 1.807) is 0 Å². The van der Waals surface area contributed by atoms with Crippen LogP contribution in [0.3, 0.4) is 0 Å². The van der Waals surface area contributed by atoms with E-state index in [0.717, 1.165) is 29.7 Å². The lowest BCUT2D eigenvalue weighted by Gasteiger charge is -2.18. The van der Waals surface area contributed by atoms with E-state index in [4.69, 9.17) is 5.84 Å². The second-order valence-corrected chi connectivity index (χ2v) is 4.33. The predicted octanol–water partition coefficient (Wildman–Crippen LogP) is 1.68. The molecule has 2 rings (SSSR count). The van der Waals surface area contributed by atoms with Crippen LogP contribution < -0.4 is 11.3 Å². The first-order chi connectivity index (χ1) is 8.69. The highest BCUT2D eigenvalue weighted by Gasteiger charge is 2.22. The number of nitrogens with one attached hydrogen (secondary N) is 1. The third-order valence-electron chi connectivity index (χ3n) is 3.09. The fourth-order valence-corrected chi connectivity index (χ4v) is 2.31. The first-order valence-electron chi connectivity index (χ1n) is 6.13. The molecule has 5 nitrogen and oxygen atoms in total. The van der Waals surface area contributed by atoms with Gasteiger partial charge in [-0.1, -0.05) is 25.5 Å². The topological polar surface area (TPSA) is 72.9 Å². The van der Waals surface area contributed by atoms with Crippen molar-refractivity contribution in [1.82, 2.24) is 15.0 Å². The molecule has 1 heterocycles. The summed E-state index contributed by atoms with van der Waals surface area (Å²) in [6, 6.07) is 7.51. The Morgan fingerprint density at radius 1 is 1.50 bits per heavy atom. The number of amides is 1. The van der Waals surface area contributed by atoms with E-state index >= 15 is 0 Å². The van der Waals surface area contributed by atoms with Gasteiger partial charge in [0.25, 0.3) is 5.91 Å². The summed E-state index contributed by atoms with van der Waals surface area (Å²) in [5.41, 5.74) is 4.12. The largest absolute Gasteiger partial charge is 0.315 e. The second kappa shape index (κ2) is 5.18. The van der Waals surface area contributed by atoms with Crippen molar-refractivity contribution < 1.29 is 4.79 Å². The first-order valence-corrected chi connectivity index (χ1v) is 6.13. The van der Waals surface area contributed by atoms with Crippen LogP contribution in [0.5, 0.6) is 0 Å². The van der Waals surface area contributed by atoms with Gasteiger partial charge in [-0.15, -0.1) is 0 Å². The molecule has 0 aliphatic carbocycles. The van der Waals surface area contributed by atoms with E-state index < -0.39 is 0 Å². The van der Waals surface area contributed by atoms with Gasteiger partial charge in [0.2, 0.25) is 0 Å². The lowest BCUT2D eigenvalue weighted by atomic mass is 10.1. The highest BCUT2D eigenvalue weighted by molar-refractivity contribution is 5.83. The van der Waals surface area contributed by atoms with Crippen LogP contribution >= 0.6 is 0 Å². The Balaban J connectivity index is 2.56. The van der Waals surface area contributed by atoms with E-state index in [1.165, 1.54) is 0 Å². The van der Waals surface area contributed by atoms with Crippen molar-refractivity contribution in [2.75, 3.05) is 0 Å². The maximum atomic E-state index is 11.9. The van der Waals surface area contributed by atoms with Crippen LogP contribution in [0.15, 0.2) is 24.3 Å². The minimum Gasteiger partial charge on any atom is -0.315 e. The van der Waals surface area contributed by atoms with Crippen molar-refractivity contribution in [2.24, 2.45) is 5.84 Å². The van der Waals surface area contributed by atoms with Gasteiger partial charge in [-0.3, -0.25) is 10.2 Å². The smallest absolute Gasteiger partial charge is 0.256 e. The average molecular weight is 246 g/mol. The summed E-state index contributed by atoms with van der Waals surface area (Å²) < 4.78 is 1.96. The number of carbonyl (C=O) groups excluding carboxylic acids is 1. The molecule has 0 bridgehead atoms. The monoisotopic (exact) mass is 246 g/mol. The van der Waals surface area contributed by atoms with Gasteiger partial charge in [-0.25, -0.2) is 10.8 Å². The zero-order valence-electron chi connectivity index (χ0n) is 10.7. The number of imidazole rings is 1. The van der Waals surface area contributed by atoms with Crippen LogP contribution in [-0.2, 0) is 4.79 Å². The van der Waals surface area contributed by atoms with Crippen LogP contribution in [0, 0.1) is 6.92 Å². The van der Waals surface area contributed by atoms with Crippen molar-refractivity contribution in [2.45, 2.75) is 32.7 Å². The van der Waals surface area contributed by atoms with Gasteiger partial charge >= 0.3 is 0 Å². The molecule has 0 fully saturated rings. The van der Waals surface area contributed by atoms with E-state index in [0.29, 0.717) is 0 Å². The molecule has 2 aromatic rings. The summed E-state index contributed by atoms with van der Waals surface area (Å²) in [5.74, 6) is 5.92. The lowest BCUT2D eigenvalue weighted by molar-refractivity contribution is -0.124. The summed E-state index contributed by atoms with van der Waals surface area (Å²) in [4.78, 5) is 16.4. The van der Waals surface area contributed by atoms with Crippen LogP contribution in [0.4, 0.5) is 0 Å². The fourth-order valence-electron chi connectivity index (χ4n) is 2.31. The molecule has 0 saturated heterocycles.